The minimum Gasteiger partial charge on any atom is -0.311 e. The highest BCUT2D eigenvalue weighted by molar-refractivity contribution is 5.80. The quantitative estimate of drug-likeness (QED) is 0.740. The molecular weight excluding hydrogens is 298 g/mol. The van der Waals surface area contributed by atoms with E-state index in [2.05, 4.69) is 17.6 Å². The Bertz CT molecular complexity index is 776. The SMILES string of the molecule is C=C1C=CC(N(c2ccc(C=O)cc2)c2ccc(C=O)cc2)=CC1. The number of aldehydes is 2. The van der Waals surface area contributed by atoms with E-state index in [0.29, 0.717) is 11.1 Å². The molecule has 0 atom stereocenters. The molecule has 2 aromatic rings. The van der Waals surface area contributed by atoms with Crippen molar-refractivity contribution < 1.29 is 9.59 Å². The Kier molecular flexibility index (Phi) is 4.52. The van der Waals surface area contributed by atoms with Crippen LogP contribution in [0.2, 0.25) is 0 Å². The highest BCUT2D eigenvalue weighted by Crippen LogP contribution is 2.32. The lowest BCUT2D eigenvalue weighted by molar-refractivity contribution is 0.111. The molecule has 0 aliphatic heterocycles. The molecule has 0 fully saturated rings. The molecule has 0 radical (unpaired) electrons. The van der Waals surface area contributed by atoms with Gasteiger partial charge in [0.25, 0.3) is 0 Å². The standard InChI is InChI=1S/C21H17NO2/c1-16-2-8-19(9-3-16)22(20-10-4-17(14-23)5-11-20)21-12-6-18(15-24)7-13-21/h2,4-15H,1,3H2. The third kappa shape index (κ3) is 3.25. The first-order valence-corrected chi connectivity index (χ1v) is 7.68. The molecule has 0 amide bonds. The summed E-state index contributed by atoms with van der Waals surface area (Å²) in [7, 11) is 0. The molecule has 118 valence electrons. The van der Waals surface area contributed by atoms with Crippen molar-refractivity contribution in [2.24, 2.45) is 0 Å². The van der Waals surface area contributed by atoms with E-state index in [1.165, 1.54) is 0 Å². The molecule has 3 heteroatoms. The van der Waals surface area contributed by atoms with Gasteiger partial charge in [0, 0.05) is 28.2 Å². The summed E-state index contributed by atoms with van der Waals surface area (Å²) in [6.45, 7) is 3.97. The van der Waals surface area contributed by atoms with Crippen LogP contribution in [0.3, 0.4) is 0 Å². The first-order valence-electron chi connectivity index (χ1n) is 7.68. The molecule has 0 unspecified atom stereocenters. The van der Waals surface area contributed by atoms with Gasteiger partial charge < -0.3 is 4.90 Å². The summed E-state index contributed by atoms with van der Waals surface area (Å²) in [6, 6.07) is 14.8. The van der Waals surface area contributed by atoms with E-state index in [1.807, 2.05) is 36.4 Å². The molecule has 2 aromatic carbocycles. The Morgan fingerprint density at radius 3 is 1.67 bits per heavy atom. The number of benzene rings is 2. The second kappa shape index (κ2) is 6.92. The monoisotopic (exact) mass is 315 g/mol. The number of allylic oxidation sites excluding steroid dienone is 4. The van der Waals surface area contributed by atoms with E-state index < -0.39 is 0 Å². The van der Waals surface area contributed by atoms with Crippen molar-refractivity contribution in [3.63, 3.8) is 0 Å². The van der Waals surface area contributed by atoms with Crippen molar-refractivity contribution in [3.05, 3.63) is 95.7 Å². The highest BCUT2D eigenvalue weighted by Gasteiger charge is 2.14. The molecule has 24 heavy (non-hydrogen) atoms. The minimum atomic E-state index is 0.636. The predicted molar refractivity (Wildman–Crippen MR) is 96.8 cm³/mol. The second-order valence-electron chi connectivity index (χ2n) is 5.58. The smallest absolute Gasteiger partial charge is 0.150 e. The number of hydrogen-bond acceptors (Lipinski definition) is 3. The van der Waals surface area contributed by atoms with Gasteiger partial charge in [0.15, 0.2) is 0 Å². The van der Waals surface area contributed by atoms with Crippen molar-refractivity contribution in [2.45, 2.75) is 6.42 Å². The summed E-state index contributed by atoms with van der Waals surface area (Å²) >= 11 is 0. The van der Waals surface area contributed by atoms with Crippen LogP contribution in [0, 0.1) is 0 Å². The van der Waals surface area contributed by atoms with E-state index >= 15 is 0 Å². The Labute approximate surface area is 141 Å². The normalized spacial score (nSPS) is 13.3. The fourth-order valence-electron chi connectivity index (χ4n) is 2.59. The van der Waals surface area contributed by atoms with Crippen LogP contribution < -0.4 is 4.90 Å². The molecule has 0 spiro atoms. The van der Waals surface area contributed by atoms with Crippen LogP contribution in [0.25, 0.3) is 0 Å². The lowest BCUT2D eigenvalue weighted by Crippen LogP contribution is -2.16. The van der Waals surface area contributed by atoms with Gasteiger partial charge >= 0.3 is 0 Å². The molecule has 0 aromatic heterocycles. The first kappa shape index (κ1) is 15.7. The summed E-state index contributed by atoms with van der Waals surface area (Å²) in [6.07, 6.45) is 8.59. The van der Waals surface area contributed by atoms with Crippen LogP contribution >= 0.6 is 0 Å². The predicted octanol–water partition coefficient (Wildman–Crippen LogP) is 4.85. The average Bonchev–Trinajstić information content (AvgIpc) is 2.64. The maximum absolute atomic E-state index is 10.9. The van der Waals surface area contributed by atoms with Gasteiger partial charge in [0.1, 0.15) is 12.6 Å². The lowest BCUT2D eigenvalue weighted by Gasteiger charge is -2.28. The maximum atomic E-state index is 10.9. The van der Waals surface area contributed by atoms with Crippen LogP contribution in [-0.2, 0) is 0 Å². The summed E-state index contributed by atoms with van der Waals surface area (Å²) in [5, 5.41) is 0. The molecule has 0 N–H and O–H groups in total. The largest absolute Gasteiger partial charge is 0.311 e. The Morgan fingerprint density at radius 1 is 0.792 bits per heavy atom. The number of hydrogen-bond donors (Lipinski definition) is 0. The van der Waals surface area contributed by atoms with Gasteiger partial charge in [-0.2, -0.15) is 0 Å². The van der Waals surface area contributed by atoms with Crippen LogP contribution in [-0.4, -0.2) is 12.6 Å². The molecule has 0 saturated carbocycles. The van der Waals surface area contributed by atoms with E-state index in [0.717, 1.165) is 41.6 Å². The van der Waals surface area contributed by atoms with Crippen molar-refractivity contribution in [1.82, 2.24) is 0 Å². The van der Waals surface area contributed by atoms with Gasteiger partial charge in [-0.3, -0.25) is 9.59 Å². The summed E-state index contributed by atoms with van der Waals surface area (Å²) < 4.78 is 0. The van der Waals surface area contributed by atoms with Gasteiger partial charge in [-0.25, -0.2) is 0 Å². The number of nitrogens with zero attached hydrogens (tertiary/aromatic N) is 1. The zero-order valence-corrected chi connectivity index (χ0v) is 13.2. The average molecular weight is 315 g/mol. The fraction of sp³-hybridized carbons (Fsp3) is 0.0476. The Balaban J connectivity index is 2.05. The van der Waals surface area contributed by atoms with Crippen molar-refractivity contribution >= 4 is 23.9 Å². The molecule has 0 bridgehead atoms. The van der Waals surface area contributed by atoms with Crippen LogP contribution in [0.4, 0.5) is 11.4 Å². The van der Waals surface area contributed by atoms with Crippen molar-refractivity contribution in [2.75, 3.05) is 4.90 Å². The van der Waals surface area contributed by atoms with Gasteiger partial charge in [0.2, 0.25) is 0 Å². The van der Waals surface area contributed by atoms with E-state index in [-0.39, 0.29) is 0 Å². The zero-order valence-electron chi connectivity index (χ0n) is 13.2. The highest BCUT2D eigenvalue weighted by atomic mass is 16.1. The summed E-state index contributed by atoms with van der Waals surface area (Å²) in [4.78, 5) is 23.9. The summed E-state index contributed by atoms with van der Waals surface area (Å²) in [5.74, 6) is 0. The molecule has 3 nitrogen and oxygen atoms in total. The molecule has 0 saturated heterocycles. The Morgan fingerprint density at radius 2 is 1.29 bits per heavy atom. The zero-order chi connectivity index (χ0) is 16.9. The first-order chi connectivity index (χ1) is 11.7. The van der Waals surface area contributed by atoms with Gasteiger partial charge in [0.05, 0.1) is 0 Å². The minimum absolute atomic E-state index is 0.636. The molecule has 1 aliphatic carbocycles. The fourth-order valence-corrected chi connectivity index (χ4v) is 2.59. The third-order valence-corrected chi connectivity index (χ3v) is 3.90. The molecule has 3 rings (SSSR count). The lowest BCUT2D eigenvalue weighted by atomic mass is 10.1. The maximum Gasteiger partial charge on any atom is 0.150 e. The van der Waals surface area contributed by atoms with Crippen molar-refractivity contribution in [3.8, 4) is 0 Å². The van der Waals surface area contributed by atoms with E-state index in [1.54, 1.807) is 24.3 Å². The topological polar surface area (TPSA) is 37.4 Å². The van der Waals surface area contributed by atoms with Gasteiger partial charge in [-0.15, -0.1) is 0 Å². The summed E-state index contributed by atoms with van der Waals surface area (Å²) in [5.41, 5.74) is 5.25. The molecule has 1 aliphatic rings. The van der Waals surface area contributed by atoms with Crippen molar-refractivity contribution in [1.29, 1.82) is 0 Å². The van der Waals surface area contributed by atoms with Gasteiger partial charge in [-0.05, 0) is 61.0 Å². The molecule has 0 heterocycles. The van der Waals surface area contributed by atoms with Gasteiger partial charge in [-0.1, -0.05) is 24.3 Å². The molecular formula is C21H17NO2. The number of anilines is 2. The van der Waals surface area contributed by atoms with Crippen LogP contribution in [0.5, 0.6) is 0 Å². The number of rotatable bonds is 5. The number of carbonyl (C=O) groups is 2. The van der Waals surface area contributed by atoms with E-state index in [9.17, 15) is 9.59 Å². The van der Waals surface area contributed by atoms with E-state index in [4.69, 9.17) is 0 Å². The third-order valence-electron chi connectivity index (χ3n) is 3.90. The second-order valence-corrected chi connectivity index (χ2v) is 5.58. The number of carbonyl (C=O) groups excluding carboxylic acids is 2. The Hall–Kier alpha value is -3.20. The van der Waals surface area contributed by atoms with Crippen LogP contribution in [0.1, 0.15) is 27.1 Å². The van der Waals surface area contributed by atoms with Crippen LogP contribution in [0.15, 0.2) is 84.6 Å².